The summed E-state index contributed by atoms with van der Waals surface area (Å²) in [6, 6.07) is 5.58. The molecule has 0 fully saturated rings. The van der Waals surface area contributed by atoms with Crippen LogP contribution in [0.15, 0.2) is 23.1 Å². The van der Waals surface area contributed by atoms with E-state index in [0.717, 1.165) is 16.1 Å². The Labute approximate surface area is 86.5 Å². The number of thioether (sulfide) groups is 1. The van der Waals surface area contributed by atoms with E-state index in [1.54, 1.807) is 11.8 Å². The summed E-state index contributed by atoms with van der Waals surface area (Å²) in [6.45, 7) is 2.00. The minimum atomic E-state index is -0.787. The summed E-state index contributed by atoms with van der Waals surface area (Å²) in [7, 11) is 0. The van der Waals surface area contributed by atoms with Crippen molar-refractivity contribution in [3.63, 3.8) is 0 Å². The van der Waals surface area contributed by atoms with Crippen LogP contribution in [0.4, 0.5) is 5.69 Å². The van der Waals surface area contributed by atoms with Crippen molar-refractivity contribution in [2.75, 3.05) is 11.1 Å². The number of aliphatic carboxylic acids is 1. The van der Waals surface area contributed by atoms with Crippen LogP contribution in [0, 0.1) is 6.92 Å². The first-order valence-corrected chi connectivity index (χ1v) is 5.38. The van der Waals surface area contributed by atoms with Gasteiger partial charge in [-0.05, 0) is 24.6 Å². The molecule has 1 aromatic rings. The third kappa shape index (κ3) is 1.70. The van der Waals surface area contributed by atoms with Crippen LogP contribution in [0.5, 0.6) is 0 Å². The molecular formula is C10H11NO2S. The Morgan fingerprint density at radius 3 is 3.14 bits per heavy atom. The van der Waals surface area contributed by atoms with Gasteiger partial charge in [-0.1, -0.05) is 6.07 Å². The molecular weight excluding hydrogens is 198 g/mol. The van der Waals surface area contributed by atoms with E-state index < -0.39 is 12.0 Å². The Hall–Kier alpha value is -1.16. The lowest BCUT2D eigenvalue weighted by molar-refractivity contribution is -0.137. The lowest BCUT2D eigenvalue weighted by Crippen LogP contribution is -2.34. The van der Waals surface area contributed by atoms with Crippen LogP contribution >= 0.6 is 11.8 Å². The monoisotopic (exact) mass is 209 g/mol. The maximum atomic E-state index is 10.8. The largest absolute Gasteiger partial charge is 0.480 e. The van der Waals surface area contributed by atoms with E-state index in [2.05, 4.69) is 5.32 Å². The Morgan fingerprint density at radius 2 is 2.43 bits per heavy atom. The smallest absolute Gasteiger partial charge is 0.326 e. The number of carboxylic acids is 1. The first-order chi connectivity index (χ1) is 6.66. The highest BCUT2D eigenvalue weighted by molar-refractivity contribution is 7.99. The van der Waals surface area contributed by atoms with Crippen LogP contribution in [0.2, 0.25) is 0 Å². The SMILES string of the molecule is Cc1ccc2c(c1)NC(C(=O)O)CS2. The predicted molar refractivity (Wildman–Crippen MR) is 56.9 cm³/mol. The van der Waals surface area contributed by atoms with Crippen molar-refractivity contribution in [3.05, 3.63) is 23.8 Å². The van der Waals surface area contributed by atoms with Crippen LogP contribution in [0.25, 0.3) is 0 Å². The lowest BCUT2D eigenvalue weighted by Gasteiger charge is -2.23. The predicted octanol–water partition coefficient (Wildman–Crippen LogP) is 1.97. The van der Waals surface area contributed by atoms with E-state index >= 15 is 0 Å². The normalized spacial score (nSPS) is 19.6. The summed E-state index contributed by atoms with van der Waals surface area (Å²) in [5.74, 6) is -0.199. The number of nitrogens with one attached hydrogen (secondary N) is 1. The van der Waals surface area contributed by atoms with Gasteiger partial charge in [0.15, 0.2) is 0 Å². The highest BCUT2D eigenvalue weighted by Gasteiger charge is 2.23. The van der Waals surface area contributed by atoms with Gasteiger partial charge in [0.1, 0.15) is 6.04 Å². The van der Waals surface area contributed by atoms with Gasteiger partial charge in [0.2, 0.25) is 0 Å². The van der Waals surface area contributed by atoms with Crippen LogP contribution in [-0.2, 0) is 4.79 Å². The molecule has 1 aromatic carbocycles. The number of hydrogen-bond acceptors (Lipinski definition) is 3. The number of fused-ring (bicyclic) bond motifs is 1. The van der Waals surface area contributed by atoms with Crippen molar-refractivity contribution >= 4 is 23.4 Å². The summed E-state index contributed by atoms with van der Waals surface area (Å²) in [6.07, 6.45) is 0. The van der Waals surface area contributed by atoms with Gasteiger partial charge >= 0.3 is 5.97 Å². The molecule has 2 N–H and O–H groups in total. The van der Waals surface area contributed by atoms with Gasteiger partial charge in [0, 0.05) is 16.3 Å². The molecule has 1 aliphatic heterocycles. The zero-order valence-corrected chi connectivity index (χ0v) is 8.60. The molecule has 1 aliphatic rings. The van der Waals surface area contributed by atoms with Crippen LogP contribution in [0.3, 0.4) is 0 Å². The Bertz CT molecular complexity index is 378. The summed E-state index contributed by atoms with van der Waals surface area (Å²) in [5, 5.41) is 11.9. The van der Waals surface area contributed by atoms with Crippen LogP contribution < -0.4 is 5.32 Å². The molecule has 0 bridgehead atoms. The van der Waals surface area contributed by atoms with Gasteiger partial charge in [0.05, 0.1) is 0 Å². The Morgan fingerprint density at radius 1 is 1.64 bits per heavy atom. The van der Waals surface area contributed by atoms with Crippen molar-refractivity contribution in [1.29, 1.82) is 0 Å². The molecule has 4 heteroatoms. The molecule has 0 saturated carbocycles. The summed E-state index contributed by atoms with van der Waals surface area (Å²) in [4.78, 5) is 11.9. The van der Waals surface area contributed by atoms with Gasteiger partial charge in [-0.2, -0.15) is 0 Å². The first kappa shape index (κ1) is 9.40. The number of rotatable bonds is 1. The molecule has 2 rings (SSSR count). The number of carbonyl (C=O) groups is 1. The molecule has 3 nitrogen and oxygen atoms in total. The molecule has 14 heavy (non-hydrogen) atoms. The van der Waals surface area contributed by atoms with Crippen molar-refractivity contribution in [2.45, 2.75) is 17.9 Å². The molecule has 0 radical (unpaired) electrons. The maximum absolute atomic E-state index is 10.8. The fourth-order valence-electron chi connectivity index (χ4n) is 1.42. The average Bonchev–Trinajstić information content (AvgIpc) is 2.16. The molecule has 0 amide bonds. The standard InChI is InChI=1S/C10H11NO2S/c1-6-2-3-9-7(4-6)11-8(5-14-9)10(12)13/h2-4,8,11H,5H2,1H3,(H,12,13). The van der Waals surface area contributed by atoms with Crippen LogP contribution in [0.1, 0.15) is 5.56 Å². The average molecular weight is 209 g/mol. The Balaban J connectivity index is 2.29. The number of aryl methyl sites for hydroxylation is 1. The second-order valence-corrected chi connectivity index (χ2v) is 4.41. The molecule has 0 aromatic heterocycles. The van der Waals surface area contributed by atoms with Gasteiger partial charge in [-0.3, -0.25) is 0 Å². The van der Waals surface area contributed by atoms with Crippen molar-refractivity contribution in [1.82, 2.24) is 0 Å². The first-order valence-electron chi connectivity index (χ1n) is 4.39. The Kier molecular flexibility index (Phi) is 2.37. The number of anilines is 1. The summed E-state index contributed by atoms with van der Waals surface area (Å²) >= 11 is 1.59. The van der Waals surface area contributed by atoms with Crippen LogP contribution in [-0.4, -0.2) is 22.9 Å². The van der Waals surface area contributed by atoms with Gasteiger partial charge in [-0.15, -0.1) is 11.8 Å². The molecule has 1 unspecified atom stereocenters. The topological polar surface area (TPSA) is 49.3 Å². The summed E-state index contributed by atoms with van der Waals surface area (Å²) in [5.41, 5.74) is 2.08. The molecule has 0 saturated heterocycles. The van der Waals surface area contributed by atoms with E-state index in [4.69, 9.17) is 5.11 Å². The zero-order chi connectivity index (χ0) is 10.1. The lowest BCUT2D eigenvalue weighted by atomic mass is 10.2. The molecule has 1 heterocycles. The summed E-state index contributed by atoms with van der Waals surface area (Å²) < 4.78 is 0. The number of hydrogen-bond donors (Lipinski definition) is 2. The van der Waals surface area contributed by atoms with E-state index in [9.17, 15) is 4.79 Å². The minimum absolute atomic E-state index is 0.464. The molecule has 1 atom stereocenters. The third-order valence-corrected chi connectivity index (χ3v) is 3.34. The van der Waals surface area contributed by atoms with Crippen molar-refractivity contribution < 1.29 is 9.90 Å². The fourth-order valence-corrected chi connectivity index (χ4v) is 2.43. The molecule has 0 spiro atoms. The zero-order valence-electron chi connectivity index (χ0n) is 7.78. The third-order valence-electron chi connectivity index (χ3n) is 2.17. The van der Waals surface area contributed by atoms with Gasteiger partial charge in [0.25, 0.3) is 0 Å². The van der Waals surface area contributed by atoms with E-state index in [1.807, 2.05) is 25.1 Å². The minimum Gasteiger partial charge on any atom is -0.480 e. The number of benzene rings is 1. The van der Waals surface area contributed by atoms with Crippen molar-refractivity contribution in [3.8, 4) is 0 Å². The number of carboxylic acid groups (broad SMARTS) is 1. The van der Waals surface area contributed by atoms with E-state index in [-0.39, 0.29) is 0 Å². The van der Waals surface area contributed by atoms with Gasteiger partial charge < -0.3 is 10.4 Å². The molecule has 74 valence electrons. The highest BCUT2D eigenvalue weighted by Crippen LogP contribution is 2.33. The maximum Gasteiger partial charge on any atom is 0.326 e. The van der Waals surface area contributed by atoms with Gasteiger partial charge in [-0.25, -0.2) is 4.79 Å². The molecule has 0 aliphatic carbocycles. The van der Waals surface area contributed by atoms with Crippen molar-refractivity contribution in [2.24, 2.45) is 0 Å². The quantitative estimate of drug-likeness (QED) is 0.742. The fraction of sp³-hybridized carbons (Fsp3) is 0.300. The van der Waals surface area contributed by atoms with E-state index in [1.165, 1.54) is 0 Å². The van der Waals surface area contributed by atoms with E-state index in [0.29, 0.717) is 5.75 Å². The highest BCUT2D eigenvalue weighted by atomic mass is 32.2. The second kappa shape index (κ2) is 3.53. The second-order valence-electron chi connectivity index (χ2n) is 3.35.